The van der Waals surface area contributed by atoms with Gasteiger partial charge in [-0.05, 0) is 37.3 Å². The third-order valence-electron chi connectivity index (χ3n) is 3.82. The molecule has 1 amide bonds. The quantitative estimate of drug-likeness (QED) is 0.568. The second-order valence-electron chi connectivity index (χ2n) is 6.07. The highest BCUT2D eigenvalue weighted by molar-refractivity contribution is 6.31. The lowest BCUT2D eigenvalue weighted by Gasteiger charge is -2.17. The van der Waals surface area contributed by atoms with Gasteiger partial charge in [0.15, 0.2) is 0 Å². The minimum Gasteiger partial charge on any atom is -0.406 e. The fourth-order valence-electron chi connectivity index (χ4n) is 2.61. The molecule has 0 aliphatic heterocycles. The van der Waals surface area contributed by atoms with E-state index in [9.17, 15) is 18.0 Å². The molecule has 1 aromatic carbocycles. The van der Waals surface area contributed by atoms with Crippen LogP contribution in [0.3, 0.4) is 0 Å². The van der Waals surface area contributed by atoms with Gasteiger partial charge in [-0.2, -0.15) is 0 Å². The fraction of sp³-hybridized carbons (Fsp3) is 0.158. The third kappa shape index (κ3) is 5.58. The Hall–Kier alpha value is -2.91. The van der Waals surface area contributed by atoms with E-state index in [0.29, 0.717) is 22.1 Å². The van der Waals surface area contributed by atoms with Crippen molar-refractivity contribution in [2.45, 2.75) is 19.3 Å². The number of benzene rings is 1. The lowest BCUT2D eigenvalue weighted by Crippen LogP contribution is -2.28. The zero-order valence-electron chi connectivity index (χ0n) is 15.2. The maximum absolute atomic E-state index is 12.6. The molecule has 0 fully saturated rings. The number of rotatable bonds is 5. The molecule has 30 heavy (non-hydrogen) atoms. The summed E-state index contributed by atoms with van der Waals surface area (Å²) in [6, 6.07) is 5.78. The highest BCUT2D eigenvalue weighted by atomic mass is 35.5. The molecular weight excluding hydrogens is 444 g/mol. The lowest BCUT2D eigenvalue weighted by molar-refractivity contribution is -0.274. The number of hydrogen-bond acceptors (Lipinski definition) is 5. The summed E-state index contributed by atoms with van der Waals surface area (Å²) in [5.41, 5.74) is 1.22. The van der Waals surface area contributed by atoms with Gasteiger partial charge in [0.2, 0.25) is 0 Å². The zero-order chi connectivity index (χ0) is 21.9. The molecule has 0 spiro atoms. The van der Waals surface area contributed by atoms with E-state index >= 15 is 0 Å². The summed E-state index contributed by atoms with van der Waals surface area (Å²) < 4.78 is 41.3. The normalized spacial score (nSPS) is 12.3. The number of ether oxygens (including phenoxy) is 1. The lowest BCUT2D eigenvalue weighted by atomic mass is 10.1. The standard InChI is InChI=1S/C19H13Cl2F3N4O2/c1-10(16-17(26-5-4-25-16)15-3-2-12(20)9-27-15)28-18(29)11-6-13(21)8-14(7-11)30-19(22,23)24/h2-10H,1H3,(H,28,29). The molecule has 0 saturated heterocycles. The number of amides is 1. The molecular formula is C19H13Cl2F3N4O2. The molecule has 3 rings (SSSR count). The molecule has 0 radical (unpaired) electrons. The first-order chi connectivity index (χ1) is 14.1. The van der Waals surface area contributed by atoms with Crippen molar-refractivity contribution in [3.63, 3.8) is 0 Å². The second-order valence-corrected chi connectivity index (χ2v) is 6.94. The number of carbonyl (C=O) groups excluding carboxylic acids is 1. The predicted molar refractivity (Wildman–Crippen MR) is 104 cm³/mol. The number of carbonyl (C=O) groups is 1. The summed E-state index contributed by atoms with van der Waals surface area (Å²) in [6.07, 6.45) is -0.536. The number of hydrogen-bond donors (Lipinski definition) is 1. The Morgan fingerprint density at radius 1 is 1.07 bits per heavy atom. The monoisotopic (exact) mass is 456 g/mol. The Labute approximate surface area is 179 Å². The van der Waals surface area contributed by atoms with E-state index in [1.807, 2.05) is 0 Å². The Morgan fingerprint density at radius 2 is 1.80 bits per heavy atom. The molecule has 3 aromatic rings. The van der Waals surface area contributed by atoms with Crippen LogP contribution in [-0.2, 0) is 0 Å². The number of alkyl halides is 3. The van der Waals surface area contributed by atoms with E-state index in [1.54, 1.807) is 19.1 Å². The van der Waals surface area contributed by atoms with Crippen LogP contribution in [0.1, 0.15) is 29.0 Å². The summed E-state index contributed by atoms with van der Waals surface area (Å²) in [6.45, 7) is 1.65. The molecule has 2 heterocycles. The van der Waals surface area contributed by atoms with Crippen LogP contribution >= 0.6 is 23.2 Å². The van der Waals surface area contributed by atoms with Crippen molar-refractivity contribution in [3.8, 4) is 17.1 Å². The molecule has 6 nitrogen and oxygen atoms in total. The van der Waals surface area contributed by atoms with Crippen molar-refractivity contribution >= 4 is 29.1 Å². The minimum atomic E-state index is -4.91. The Kier molecular flexibility index (Phi) is 6.42. The van der Waals surface area contributed by atoms with Gasteiger partial charge in [-0.15, -0.1) is 13.2 Å². The van der Waals surface area contributed by atoms with Gasteiger partial charge in [0.25, 0.3) is 5.91 Å². The fourth-order valence-corrected chi connectivity index (χ4v) is 2.95. The van der Waals surface area contributed by atoms with Gasteiger partial charge in [0.1, 0.15) is 11.4 Å². The first kappa shape index (κ1) is 21.8. The van der Waals surface area contributed by atoms with Crippen molar-refractivity contribution in [1.82, 2.24) is 20.3 Å². The van der Waals surface area contributed by atoms with Gasteiger partial charge in [-0.3, -0.25) is 19.7 Å². The zero-order valence-corrected chi connectivity index (χ0v) is 16.8. The van der Waals surface area contributed by atoms with Crippen molar-refractivity contribution in [3.05, 3.63) is 70.2 Å². The Morgan fingerprint density at radius 3 is 2.47 bits per heavy atom. The van der Waals surface area contributed by atoms with E-state index in [-0.39, 0.29) is 10.6 Å². The summed E-state index contributed by atoms with van der Waals surface area (Å²) in [5, 5.41) is 3.02. The molecule has 11 heteroatoms. The first-order valence-corrected chi connectivity index (χ1v) is 9.18. The third-order valence-corrected chi connectivity index (χ3v) is 4.26. The summed E-state index contributed by atoms with van der Waals surface area (Å²) in [5.74, 6) is -1.27. The molecule has 0 bridgehead atoms. The molecule has 0 aliphatic rings. The number of nitrogens with one attached hydrogen (secondary N) is 1. The van der Waals surface area contributed by atoms with Crippen LogP contribution in [0.25, 0.3) is 11.4 Å². The van der Waals surface area contributed by atoms with Gasteiger partial charge in [0.05, 0.1) is 22.5 Å². The maximum atomic E-state index is 12.6. The number of halogens is 5. The van der Waals surface area contributed by atoms with Crippen LogP contribution in [0.5, 0.6) is 5.75 Å². The number of aromatic nitrogens is 3. The number of nitrogens with zero attached hydrogens (tertiary/aromatic N) is 3. The van der Waals surface area contributed by atoms with E-state index < -0.39 is 24.1 Å². The highest BCUT2D eigenvalue weighted by Crippen LogP contribution is 2.28. The van der Waals surface area contributed by atoms with Crippen LogP contribution in [-0.4, -0.2) is 27.2 Å². The average molecular weight is 457 g/mol. The molecule has 2 aromatic heterocycles. The van der Waals surface area contributed by atoms with Crippen LogP contribution in [0.4, 0.5) is 13.2 Å². The van der Waals surface area contributed by atoms with Gasteiger partial charge in [-0.25, -0.2) is 0 Å². The van der Waals surface area contributed by atoms with Gasteiger partial charge in [0, 0.05) is 29.2 Å². The first-order valence-electron chi connectivity index (χ1n) is 8.42. The van der Waals surface area contributed by atoms with Crippen molar-refractivity contribution < 1.29 is 22.7 Å². The van der Waals surface area contributed by atoms with Gasteiger partial charge < -0.3 is 10.1 Å². The summed E-state index contributed by atoms with van der Waals surface area (Å²) in [4.78, 5) is 25.3. The van der Waals surface area contributed by atoms with Crippen LogP contribution in [0, 0.1) is 0 Å². The molecule has 0 saturated carbocycles. The van der Waals surface area contributed by atoms with E-state index in [2.05, 4.69) is 25.0 Å². The SMILES string of the molecule is CC(NC(=O)c1cc(Cl)cc(OC(F)(F)F)c1)c1nccnc1-c1ccc(Cl)cn1. The molecule has 1 N–H and O–H groups in total. The predicted octanol–water partition coefficient (Wildman–Crippen LogP) is 5.24. The van der Waals surface area contributed by atoms with Crippen molar-refractivity contribution in [2.75, 3.05) is 0 Å². The van der Waals surface area contributed by atoms with Crippen LogP contribution in [0.15, 0.2) is 48.9 Å². The molecule has 1 unspecified atom stereocenters. The van der Waals surface area contributed by atoms with Gasteiger partial charge >= 0.3 is 6.36 Å². The van der Waals surface area contributed by atoms with Crippen molar-refractivity contribution in [2.24, 2.45) is 0 Å². The minimum absolute atomic E-state index is 0.0832. The van der Waals surface area contributed by atoms with Crippen LogP contribution < -0.4 is 10.1 Å². The van der Waals surface area contributed by atoms with Gasteiger partial charge in [-0.1, -0.05) is 23.2 Å². The Bertz CT molecular complexity index is 1060. The average Bonchev–Trinajstić information content (AvgIpc) is 2.66. The van der Waals surface area contributed by atoms with Crippen molar-refractivity contribution in [1.29, 1.82) is 0 Å². The smallest absolute Gasteiger partial charge is 0.406 e. The summed E-state index contributed by atoms with van der Waals surface area (Å²) in [7, 11) is 0. The van der Waals surface area contributed by atoms with E-state index in [0.717, 1.165) is 12.1 Å². The van der Waals surface area contributed by atoms with E-state index in [4.69, 9.17) is 23.2 Å². The summed E-state index contributed by atoms with van der Waals surface area (Å²) >= 11 is 11.7. The topological polar surface area (TPSA) is 77.0 Å². The Balaban J connectivity index is 1.84. The molecule has 156 valence electrons. The largest absolute Gasteiger partial charge is 0.573 e. The second kappa shape index (κ2) is 8.85. The van der Waals surface area contributed by atoms with E-state index in [1.165, 1.54) is 24.7 Å². The maximum Gasteiger partial charge on any atom is 0.573 e. The highest BCUT2D eigenvalue weighted by Gasteiger charge is 2.31. The number of pyridine rings is 1. The van der Waals surface area contributed by atoms with Crippen LogP contribution in [0.2, 0.25) is 10.0 Å². The molecule has 1 atom stereocenters. The molecule has 0 aliphatic carbocycles.